The number of thiazole rings is 1. The number of nitrogens with zero attached hydrogens (tertiary/aromatic N) is 2. The largest absolute Gasteiger partial charge is 0.304 e. The molecule has 80 valence electrons. The van der Waals surface area contributed by atoms with E-state index in [1.807, 2.05) is 5.38 Å². The second-order valence-electron chi connectivity index (χ2n) is 3.69. The molecule has 1 aromatic heterocycles. The van der Waals surface area contributed by atoms with Crippen LogP contribution in [-0.2, 0) is 12.3 Å². The quantitative estimate of drug-likeness (QED) is 0.726. The predicted molar refractivity (Wildman–Crippen MR) is 63.1 cm³/mol. The molecule has 0 aliphatic heterocycles. The van der Waals surface area contributed by atoms with Gasteiger partial charge in [-0.3, -0.25) is 0 Å². The standard InChI is InChI=1S/C10H17ClN2S/c1-8(2)13(3)5-4-10-12-9(6-11)7-14-10/h7-8H,4-6H2,1-3H3. The van der Waals surface area contributed by atoms with E-state index in [1.54, 1.807) is 11.3 Å². The van der Waals surface area contributed by atoms with Crippen LogP contribution in [0.2, 0.25) is 0 Å². The van der Waals surface area contributed by atoms with Crippen molar-refractivity contribution in [3.05, 3.63) is 16.1 Å². The molecule has 0 atom stereocenters. The van der Waals surface area contributed by atoms with Gasteiger partial charge in [0.05, 0.1) is 16.6 Å². The molecule has 0 spiro atoms. The smallest absolute Gasteiger partial charge is 0.0941 e. The zero-order valence-corrected chi connectivity index (χ0v) is 10.5. The van der Waals surface area contributed by atoms with Crippen molar-refractivity contribution in [1.82, 2.24) is 9.88 Å². The Bertz CT molecular complexity index is 273. The third-order valence-corrected chi connectivity index (χ3v) is 3.53. The lowest BCUT2D eigenvalue weighted by Gasteiger charge is -2.19. The molecule has 0 fully saturated rings. The first-order valence-electron chi connectivity index (χ1n) is 4.83. The summed E-state index contributed by atoms with van der Waals surface area (Å²) in [5.74, 6) is 0.524. The van der Waals surface area contributed by atoms with Crippen LogP contribution in [0.5, 0.6) is 0 Å². The minimum atomic E-state index is 0.524. The summed E-state index contributed by atoms with van der Waals surface area (Å²) in [5, 5.41) is 3.23. The lowest BCUT2D eigenvalue weighted by Crippen LogP contribution is -2.28. The van der Waals surface area contributed by atoms with E-state index in [2.05, 4.69) is 30.8 Å². The highest BCUT2D eigenvalue weighted by atomic mass is 35.5. The van der Waals surface area contributed by atoms with Gasteiger partial charge in [0.25, 0.3) is 0 Å². The van der Waals surface area contributed by atoms with E-state index < -0.39 is 0 Å². The third-order valence-electron chi connectivity index (χ3n) is 2.30. The van der Waals surface area contributed by atoms with E-state index in [0.717, 1.165) is 18.7 Å². The number of rotatable bonds is 5. The fraction of sp³-hybridized carbons (Fsp3) is 0.700. The van der Waals surface area contributed by atoms with Crippen molar-refractivity contribution in [3.8, 4) is 0 Å². The molecule has 0 bridgehead atoms. The van der Waals surface area contributed by atoms with Gasteiger partial charge < -0.3 is 4.90 Å². The minimum absolute atomic E-state index is 0.524. The molecule has 2 nitrogen and oxygen atoms in total. The topological polar surface area (TPSA) is 16.1 Å². The molecule has 0 aliphatic carbocycles. The molecule has 0 amide bonds. The van der Waals surface area contributed by atoms with Gasteiger partial charge in [0.15, 0.2) is 0 Å². The lowest BCUT2D eigenvalue weighted by atomic mass is 10.3. The maximum Gasteiger partial charge on any atom is 0.0941 e. The van der Waals surface area contributed by atoms with E-state index in [-0.39, 0.29) is 0 Å². The molecule has 0 aliphatic rings. The summed E-state index contributed by atoms with van der Waals surface area (Å²) < 4.78 is 0. The van der Waals surface area contributed by atoms with Crippen LogP contribution in [0.3, 0.4) is 0 Å². The molecule has 1 aromatic rings. The maximum atomic E-state index is 5.69. The first kappa shape index (κ1) is 12.0. The number of hydrogen-bond acceptors (Lipinski definition) is 3. The number of aromatic nitrogens is 1. The number of halogens is 1. The van der Waals surface area contributed by atoms with Gasteiger partial charge in [-0.2, -0.15) is 0 Å². The Balaban J connectivity index is 2.37. The van der Waals surface area contributed by atoms with Gasteiger partial charge in [0, 0.05) is 24.4 Å². The van der Waals surface area contributed by atoms with Crippen molar-refractivity contribution >= 4 is 22.9 Å². The molecule has 1 heterocycles. The van der Waals surface area contributed by atoms with Crippen molar-refractivity contribution in [2.45, 2.75) is 32.2 Å². The monoisotopic (exact) mass is 232 g/mol. The fourth-order valence-corrected chi connectivity index (χ4v) is 2.07. The Morgan fingerprint density at radius 3 is 2.79 bits per heavy atom. The molecule has 0 saturated carbocycles. The van der Waals surface area contributed by atoms with Crippen molar-refractivity contribution < 1.29 is 0 Å². The number of likely N-dealkylation sites (N-methyl/N-ethyl adjacent to an activating group) is 1. The minimum Gasteiger partial charge on any atom is -0.304 e. The second kappa shape index (κ2) is 5.69. The summed E-state index contributed by atoms with van der Waals surface area (Å²) in [5.41, 5.74) is 0.999. The summed E-state index contributed by atoms with van der Waals surface area (Å²) in [6.07, 6.45) is 1.02. The van der Waals surface area contributed by atoms with Gasteiger partial charge in [0.2, 0.25) is 0 Å². The van der Waals surface area contributed by atoms with Gasteiger partial charge >= 0.3 is 0 Å². The Morgan fingerprint density at radius 2 is 2.29 bits per heavy atom. The number of alkyl halides is 1. The predicted octanol–water partition coefficient (Wildman–Crippen LogP) is 2.76. The van der Waals surface area contributed by atoms with Crippen molar-refractivity contribution in [1.29, 1.82) is 0 Å². The van der Waals surface area contributed by atoms with Gasteiger partial charge in [0.1, 0.15) is 0 Å². The van der Waals surface area contributed by atoms with E-state index in [9.17, 15) is 0 Å². The molecule has 0 radical (unpaired) electrons. The Hall–Kier alpha value is -0.120. The number of hydrogen-bond donors (Lipinski definition) is 0. The second-order valence-corrected chi connectivity index (χ2v) is 4.90. The third kappa shape index (κ3) is 3.56. The van der Waals surface area contributed by atoms with Gasteiger partial charge in [-0.25, -0.2) is 4.98 Å². The van der Waals surface area contributed by atoms with Crippen molar-refractivity contribution in [2.75, 3.05) is 13.6 Å². The van der Waals surface area contributed by atoms with Crippen LogP contribution >= 0.6 is 22.9 Å². The van der Waals surface area contributed by atoms with Gasteiger partial charge in [-0.05, 0) is 20.9 Å². The van der Waals surface area contributed by atoms with Crippen molar-refractivity contribution in [2.24, 2.45) is 0 Å². The fourth-order valence-electron chi connectivity index (χ4n) is 1.06. The molecule has 0 aromatic carbocycles. The van der Waals surface area contributed by atoms with E-state index in [1.165, 1.54) is 5.01 Å². The van der Waals surface area contributed by atoms with Crippen LogP contribution in [0.15, 0.2) is 5.38 Å². The normalized spacial score (nSPS) is 11.6. The summed E-state index contributed by atoms with van der Waals surface area (Å²) in [4.78, 5) is 6.74. The lowest BCUT2D eigenvalue weighted by molar-refractivity contribution is 0.277. The highest BCUT2D eigenvalue weighted by molar-refractivity contribution is 7.09. The average molecular weight is 233 g/mol. The van der Waals surface area contributed by atoms with E-state index >= 15 is 0 Å². The molecular weight excluding hydrogens is 216 g/mol. The molecule has 0 saturated heterocycles. The summed E-state index contributed by atoms with van der Waals surface area (Å²) in [7, 11) is 2.14. The summed E-state index contributed by atoms with van der Waals surface area (Å²) in [6.45, 7) is 5.46. The van der Waals surface area contributed by atoms with Gasteiger partial charge in [-0.1, -0.05) is 0 Å². The summed E-state index contributed by atoms with van der Waals surface area (Å²) >= 11 is 7.39. The Kier molecular flexibility index (Phi) is 4.85. The summed E-state index contributed by atoms with van der Waals surface area (Å²) in [6, 6.07) is 0.599. The van der Waals surface area contributed by atoms with E-state index in [4.69, 9.17) is 11.6 Å². The zero-order chi connectivity index (χ0) is 10.6. The van der Waals surface area contributed by atoms with Crippen LogP contribution in [0, 0.1) is 0 Å². The molecule has 4 heteroatoms. The maximum absolute atomic E-state index is 5.69. The Labute approximate surface area is 94.9 Å². The molecule has 14 heavy (non-hydrogen) atoms. The van der Waals surface area contributed by atoms with Crippen LogP contribution in [0.25, 0.3) is 0 Å². The first-order chi connectivity index (χ1) is 6.63. The molecular formula is C10H17ClN2S. The highest BCUT2D eigenvalue weighted by Crippen LogP contribution is 2.12. The zero-order valence-electron chi connectivity index (χ0n) is 8.96. The Morgan fingerprint density at radius 1 is 1.57 bits per heavy atom. The molecule has 0 unspecified atom stereocenters. The molecule has 1 rings (SSSR count). The SMILES string of the molecule is CC(C)N(C)CCc1nc(CCl)cs1. The molecule has 0 N–H and O–H groups in total. The first-order valence-corrected chi connectivity index (χ1v) is 6.24. The van der Waals surface area contributed by atoms with Gasteiger partial charge in [-0.15, -0.1) is 22.9 Å². The van der Waals surface area contributed by atoms with Crippen LogP contribution in [0.1, 0.15) is 24.5 Å². The highest BCUT2D eigenvalue weighted by Gasteiger charge is 2.05. The van der Waals surface area contributed by atoms with Crippen molar-refractivity contribution in [3.63, 3.8) is 0 Å². The van der Waals surface area contributed by atoms with Crippen LogP contribution < -0.4 is 0 Å². The van der Waals surface area contributed by atoms with E-state index in [0.29, 0.717) is 11.9 Å². The van der Waals surface area contributed by atoms with Crippen LogP contribution in [0.4, 0.5) is 0 Å². The average Bonchev–Trinajstić information content (AvgIpc) is 2.61. The van der Waals surface area contributed by atoms with Crippen LogP contribution in [-0.4, -0.2) is 29.5 Å².